The predicted octanol–water partition coefficient (Wildman–Crippen LogP) is 4.27. The molecular weight excluding hydrogens is 264 g/mol. The lowest BCUT2D eigenvalue weighted by Crippen LogP contribution is -1.91. The Balaban J connectivity index is 2.55. The summed E-state index contributed by atoms with van der Waals surface area (Å²) >= 11 is 3.40. The van der Waals surface area contributed by atoms with Gasteiger partial charge in [-0.2, -0.15) is 0 Å². The Bertz CT molecular complexity index is 500. The molecule has 84 valence electrons. The molecule has 1 aromatic carbocycles. The average Bonchev–Trinajstić information content (AvgIpc) is 2.60. The molecule has 0 aliphatic carbocycles. The summed E-state index contributed by atoms with van der Waals surface area (Å²) in [6.07, 6.45) is 0. The molecular formula is C13H15BrN2. The molecule has 1 heterocycles. The summed E-state index contributed by atoms with van der Waals surface area (Å²) in [5.41, 5.74) is 4.65. The second-order valence-corrected chi connectivity index (χ2v) is 5.07. The highest BCUT2D eigenvalue weighted by Gasteiger charge is 2.13. The number of rotatable bonds is 2. The van der Waals surface area contributed by atoms with E-state index in [2.05, 4.69) is 70.9 Å². The van der Waals surface area contributed by atoms with Gasteiger partial charge in [0.25, 0.3) is 0 Å². The van der Waals surface area contributed by atoms with Gasteiger partial charge in [0.1, 0.15) is 0 Å². The van der Waals surface area contributed by atoms with Gasteiger partial charge in [0.05, 0.1) is 5.69 Å². The molecule has 0 aliphatic rings. The number of nitrogens with one attached hydrogen (secondary N) is 1. The van der Waals surface area contributed by atoms with Crippen LogP contribution < -0.4 is 0 Å². The van der Waals surface area contributed by atoms with Crippen molar-refractivity contribution in [2.75, 3.05) is 0 Å². The van der Waals surface area contributed by atoms with Crippen LogP contribution in [0.3, 0.4) is 0 Å². The van der Waals surface area contributed by atoms with E-state index in [4.69, 9.17) is 0 Å². The van der Waals surface area contributed by atoms with E-state index >= 15 is 0 Å². The maximum Gasteiger partial charge on any atom is 0.175 e. The van der Waals surface area contributed by atoms with E-state index in [1.54, 1.807) is 0 Å². The van der Waals surface area contributed by atoms with Gasteiger partial charge in [0, 0.05) is 11.3 Å². The van der Waals surface area contributed by atoms with Crippen molar-refractivity contribution in [3.63, 3.8) is 0 Å². The van der Waals surface area contributed by atoms with Crippen LogP contribution in [0, 0.1) is 6.92 Å². The number of aromatic amines is 1. The summed E-state index contributed by atoms with van der Waals surface area (Å²) in [7, 11) is 0. The normalized spacial score (nSPS) is 11.1. The van der Waals surface area contributed by atoms with Gasteiger partial charge in [-0.05, 0) is 34.8 Å². The third-order valence-corrected chi connectivity index (χ3v) is 2.95. The summed E-state index contributed by atoms with van der Waals surface area (Å²) in [5.74, 6) is 0.439. The van der Waals surface area contributed by atoms with E-state index in [1.165, 1.54) is 16.8 Å². The van der Waals surface area contributed by atoms with Gasteiger partial charge in [-0.1, -0.05) is 37.6 Å². The van der Waals surface area contributed by atoms with Crippen molar-refractivity contribution in [1.82, 2.24) is 9.97 Å². The molecule has 0 saturated heterocycles. The molecule has 16 heavy (non-hydrogen) atoms. The maximum absolute atomic E-state index is 4.50. The van der Waals surface area contributed by atoms with E-state index in [0.717, 1.165) is 10.4 Å². The number of halogens is 1. The molecule has 0 spiro atoms. The van der Waals surface area contributed by atoms with E-state index in [9.17, 15) is 0 Å². The molecule has 2 nitrogen and oxygen atoms in total. The molecule has 0 atom stereocenters. The highest BCUT2D eigenvalue weighted by molar-refractivity contribution is 9.10. The van der Waals surface area contributed by atoms with Crippen LogP contribution in [0.15, 0.2) is 29.0 Å². The zero-order valence-corrected chi connectivity index (χ0v) is 11.3. The van der Waals surface area contributed by atoms with Crippen LogP contribution in [-0.2, 0) is 0 Å². The van der Waals surface area contributed by atoms with Gasteiger partial charge >= 0.3 is 0 Å². The van der Waals surface area contributed by atoms with Gasteiger partial charge in [-0.3, -0.25) is 0 Å². The largest absolute Gasteiger partial charge is 0.336 e. The maximum atomic E-state index is 4.50. The molecule has 0 saturated carbocycles. The van der Waals surface area contributed by atoms with Crippen LogP contribution in [0.5, 0.6) is 0 Å². The Kier molecular flexibility index (Phi) is 3.15. The van der Waals surface area contributed by atoms with Crippen LogP contribution in [0.4, 0.5) is 0 Å². The highest BCUT2D eigenvalue weighted by Crippen LogP contribution is 2.28. The van der Waals surface area contributed by atoms with Gasteiger partial charge in [0.15, 0.2) is 4.73 Å². The fraction of sp³-hybridized carbons (Fsp3) is 0.308. The minimum atomic E-state index is 0.439. The monoisotopic (exact) mass is 278 g/mol. The first-order valence-corrected chi connectivity index (χ1v) is 6.19. The summed E-state index contributed by atoms with van der Waals surface area (Å²) in [6.45, 7) is 6.43. The van der Waals surface area contributed by atoms with Crippen LogP contribution in [0.2, 0.25) is 0 Å². The van der Waals surface area contributed by atoms with Crippen molar-refractivity contribution in [2.24, 2.45) is 0 Å². The summed E-state index contributed by atoms with van der Waals surface area (Å²) in [6, 6.07) is 8.42. The lowest BCUT2D eigenvalue weighted by molar-refractivity contribution is 0.832. The van der Waals surface area contributed by atoms with Gasteiger partial charge in [-0.25, -0.2) is 4.98 Å². The molecule has 1 aromatic heterocycles. The molecule has 2 aromatic rings. The van der Waals surface area contributed by atoms with Crippen molar-refractivity contribution in [3.8, 4) is 11.3 Å². The van der Waals surface area contributed by atoms with Crippen LogP contribution in [0.25, 0.3) is 11.3 Å². The lowest BCUT2D eigenvalue weighted by atomic mass is 10.0. The average molecular weight is 279 g/mol. The summed E-state index contributed by atoms with van der Waals surface area (Å²) in [5, 5.41) is 0. The topological polar surface area (TPSA) is 28.7 Å². The Morgan fingerprint density at radius 1 is 1.31 bits per heavy atom. The second-order valence-electron chi connectivity index (χ2n) is 4.31. The third-order valence-electron chi connectivity index (χ3n) is 2.57. The second kappa shape index (κ2) is 4.42. The van der Waals surface area contributed by atoms with Gasteiger partial charge < -0.3 is 4.98 Å². The first-order chi connectivity index (χ1) is 7.58. The molecule has 0 fully saturated rings. The van der Waals surface area contributed by atoms with Crippen molar-refractivity contribution < 1.29 is 0 Å². The number of H-pyrrole nitrogens is 1. The fourth-order valence-electron chi connectivity index (χ4n) is 1.79. The smallest absolute Gasteiger partial charge is 0.175 e. The Morgan fingerprint density at radius 3 is 2.69 bits per heavy atom. The zero-order chi connectivity index (χ0) is 11.7. The number of benzene rings is 1. The molecule has 0 radical (unpaired) electrons. The molecule has 1 N–H and O–H groups in total. The predicted molar refractivity (Wildman–Crippen MR) is 70.5 cm³/mol. The number of aryl methyl sites for hydroxylation is 1. The Labute approximate surface area is 104 Å². The van der Waals surface area contributed by atoms with E-state index in [1.807, 2.05) is 0 Å². The highest BCUT2D eigenvalue weighted by atomic mass is 79.9. The number of hydrogen-bond acceptors (Lipinski definition) is 1. The molecule has 0 unspecified atom stereocenters. The number of nitrogens with zero attached hydrogens (tertiary/aromatic N) is 1. The molecule has 0 amide bonds. The molecule has 2 rings (SSSR count). The number of imidazole rings is 1. The number of aromatic nitrogens is 2. The molecule has 0 bridgehead atoms. The van der Waals surface area contributed by atoms with Gasteiger partial charge in [0.2, 0.25) is 0 Å². The Morgan fingerprint density at radius 2 is 2.06 bits per heavy atom. The first kappa shape index (κ1) is 11.4. The zero-order valence-electron chi connectivity index (χ0n) is 9.71. The fourth-order valence-corrected chi connectivity index (χ4v) is 2.18. The van der Waals surface area contributed by atoms with Crippen molar-refractivity contribution in [1.29, 1.82) is 0 Å². The van der Waals surface area contributed by atoms with E-state index < -0.39 is 0 Å². The Hall–Kier alpha value is -1.09. The standard InChI is InChI=1S/C13H15BrN2/c1-8(2)11-12(16-13(14)15-11)10-6-4-5-9(3)7-10/h4-8H,1-3H3,(H,15,16). The lowest BCUT2D eigenvalue weighted by Gasteiger charge is -2.06. The summed E-state index contributed by atoms with van der Waals surface area (Å²) in [4.78, 5) is 7.77. The minimum absolute atomic E-state index is 0.439. The van der Waals surface area contributed by atoms with E-state index in [-0.39, 0.29) is 0 Å². The summed E-state index contributed by atoms with van der Waals surface area (Å²) < 4.78 is 0.799. The molecule has 3 heteroatoms. The number of hydrogen-bond donors (Lipinski definition) is 1. The first-order valence-electron chi connectivity index (χ1n) is 5.40. The third kappa shape index (κ3) is 2.19. The van der Waals surface area contributed by atoms with Gasteiger partial charge in [-0.15, -0.1) is 0 Å². The molecule has 0 aliphatic heterocycles. The minimum Gasteiger partial charge on any atom is -0.336 e. The SMILES string of the molecule is Cc1cccc(-c2nc(Br)[nH]c2C(C)C)c1. The quantitative estimate of drug-likeness (QED) is 0.873. The van der Waals surface area contributed by atoms with Crippen molar-refractivity contribution >= 4 is 15.9 Å². The van der Waals surface area contributed by atoms with Crippen molar-refractivity contribution in [2.45, 2.75) is 26.7 Å². The van der Waals surface area contributed by atoms with Crippen LogP contribution in [0.1, 0.15) is 31.0 Å². The van der Waals surface area contributed by atoms with Crippen molar-refractivity contribution in [3.05, 3.63) is 40.3 Å². The van der Waals surface area contributed by atoms with Crippen LogP contribution >= 0.6 is 15.9 Å². The van der Waals surface area contributed by atoms with E-state index in [0.29, 0.717) is 5.92 Å². The van der Waals surface area contributed by atoms with Crippen LogP contribution in [-0.4, -0.2) is 9.97 Å².